The molecule has 20 heavy (non-hydrogen) atoms. The Balaban J connectivity index is 2.37. The molecule has 0 saturated carbocycles. The molecule has 1 atom stereocenters. The second kappa shape index (κ2) is 6.29. The van der Waals surface area contributed by atoms with Crippen molar-refractivity contribution in [2.45, 2.75) is 4.87 Å². The Morgan fingerprint density at radius 2 is 1.70 bits per heavy atom. The largest absolute Gasteiger partial charge is 0.497 e. The molecular weight excluding hydrogens is 295 g/mol. The van der Waals surface area contributed by atoms with Gasteiger partial charge in [-0.1, -0.05) is 30.3 Å². The molecular formula is C16H14Cl2O2. The van der Waals surface area contributed by atoms with Crippen LogP contribution in [0.5, 0.6) is 5.75 Å². The van der Waals surface area contributed by atoms with Gasteiger partial charge in [0.05, 0.1) is 13.0 Å². The molecule has 2 rings (SSSR count). The zero-order valence-corrected chi connectivity index (χ0v) is 12.5. The number of carbonyl (C=O) groups excluding carboxylic acids is 1. The Hall–Kier alpha value is -1.51. The molecule has 4 heteroatoms. The van der Waals surface area contributed by atoms with Crippen LogP contribution >= 0.6 is 23.2 Å². The molecule has 2 aromatic rings. The topological polar surface area (TPSA) is 26.3 Å². The minimum atomic E-state index is -1.25. The lowest BCUT2D eigenvalue weighted by Gasteiger charge is -2.23. The molecule has 0 saturated heterocycles. The average Bonchev–Trinajstić information content (AvgIpc) is 2.54. The molecule has 1 unspecified atom stereocenters. The minimum Gasteiger partial charge on any atom is -0.497 e. The van der Waals surface area contributed by atoms with E-state index in [1.54, 1.807) is 43.5 Å². The van der Waals surface area contributed by atoms with Gasteiger partial charge in [0.1, 0.15) is 10.6 Å². The van der Waals surface area contributed by atoms with E-state index in [1.807, 2.05) is 18.2 Å². The predicted octanol–water partition coefficient (Wildman–Crippen LogP) is 4.25. The molecule has 0 bridgehead atoms. The van der Waals surface area contributed by atoms with Crippen molar-refractivity contribution >= 4 is 29.0 Å². The Bertz CT molecular complexity index is 581. The van der Waals surface area contributed by atoms with E-state index in [0.717, 1.165) is 0 Å². The number of halogens is 2. The van der Waals surface area contributed by atoms with Gasteiger partial charge >= 0.3 is 0 Å². The van der Waals surface area contributed by atoms with Crippen LogP contribution in [0.2, 0.25) is 0 Å². The number of ketones is 1. The van der Waals surface area contributed by atoms with Gasteiger partial charge in [0.25, 0.3) is 0 Å². The second-order valence-corrected chi connectivity index (χ2v) is 5.27. The van der Waals surface area contributed by atoms with Crippen LogP contribution in [0.1, 0.15) is 15.9 Å². The van der Waals surface area contributed by atoms with Crippen molar-refractivity contribution in [3.05, 3.63) is 65.7 Å². The summed E-state index contributed by atoms with van der Waals surface area (Å²) in [7, 11) is 1.57. The van der Waals surface area contributed by atoms with Gasteiger partial charge in [0.2, 0.25) is 0 Å². The minimum absolute atomic E-state index is 0.00340. The van der Waals surface area contributed by atoms with Gasteiger partial charge in [0, 0.05) is 5.56 Å². The quantitative estimate of drug-likeness (QED) is 0.609. The maximum atomic E-state index is 12.6. The molecule has 2 aromatic carbocycles. The van der Waals surface area contributed by atoms with Crippen LogP contribution in [0.15, 0.2) is 54.6 Å². The van der Waals surface area contributed by atoms with Crippen molar-refractivity contribution < 1.29 is 9.53 Å². The molecule has 0 amide bonds. The molecule has 0 fully saturated rings. The number of ether oxygens (including phenoxy) is 1. The lowest BCUT2D eigenvalue weighted by Crippen LogP contribution is -2.32. The fourth-order valence-corrected chi connectivity index (χ4v) is 2.45. The number of methoxy groups -OCH3 is 1. The molecule has 0 spiro atoms. The first kappa shape index (κ1) is 14.9. The number of hydrogen-bond donors (Lipinski definition) is 0. The molecule has 0 aliphatic heterocycles. The summed E-state index contributed by atoms with van der Waals surface area (Å²) in [5.41, 5.74) is 1.20. The van der Waals surface area contributed by atoms with Gasteiger partial charge in [-0.3, -0.25) is 4.79 Å². The van der Waals surface area contributed by atoms with E-state index in [1.165, 1.54) is 0 Å². The second-order valence-electron chi connectivity index (χ2n) is 4.36. The zero-order valence-electron chi connectivity index (χ0n) is 11.0. The SMILES string of the molecule is COc1ccc(C(=O)C(Cl)(CCl)c2ccccc2)cc1. The molecule has 0 aliphatic rings. The standard InChI is InChI=1S/C16H14Cl2O2/c1-20-14-9-7-12(8-10-14)15(19)16(18,11-17)13-5-3-2-4-6-13/h2-10H,11H2,1H3. The summed E-state index contributed by atoms with van der Waals surface area (Å²) in [5, 5.41) is 0. The van der Waals surface area contributed by atoms with Crippen LogP contribution in [0.3, 0.4) is 0 Å². The van der Waals surface area contributed by atoms with Crippen molar-refractivity contribution in [1.82, 2.24) is 0 Å². The van der Waals surface area contributed by atoms with Gasteiger partial charge in [-0.05, 0) is 29.8 Å². The number of carbonyl (C=O) groups is 1. The number of Topliss-reactive ketones (excluding diaryl/α,β-unsaturated/α-hetero) is 1. The van der Waals surface area contributed by atoms with Gasteiger partial charge in [0.15, 0.2) is 5.78 Å². The van der Waals surface area contributed by atoms with Crippen LogP contribution < -0.4 is 4.74 Å². The van der Waals surface area contributed by atoms with Crippen molar-refractivity contribution in [3.63, 3.8) is 0 Å². The molecule has 0 N–H and O–H groups in total. The number of rotatable bonds is 5. The summed E-state index contributed by atoms with van der Waals surface area (Å²) in [6.45, 7) is 0. The smallest absolute Gasteiger partial charge is 0.189 e. The van der Waals surface area contributed by atoms with Crippen LogP contribution in [0.4, 0.5) is 0 Å². The highest BCUT2D eigenvalue weighted by atomic mass is 35.5. The highest BCUT2D eigenvalue weighted by Crippen LogP contribution is 2.34. The summed E-state index contributed by atoms with van der Waals surface area (Å²) in [5.74, 6) is 0.471. The van der Waals surface area contributed by atoms with E-state index < -0.39 is 4.87 Å². The van der Waals surface area contributed by atoms with E-state index in [4.69, 9.17) is 27.9 Å². The summed E-state index contributed by atoms with van der Waals surface area (Å²) in [4.78, 5) is 11.4. The lowest BCUT2D eigenvalue weighted by atomic mass is 9.91. The zero-order chi connectivity index (χ0) is 14.6. The number of alkyl halides is 2. The molecule has 0 radical (unpaired) electrons. The van der Waals surface area contributed by atoms with E-state index in [2.05, 4.69) is 0 Å². The van der Waals surface area contributed by atoms with Crippen molar-refractivity contribution in [3.8, 4) is 5.75 Å². The average molecular weight is 309 g/mol. The third kappa shape index (κ3) is 2.82. The molecule has 0 aliphatic carbocycles. The Kier molecular flexibility index (Phi) is 4.69. The van der Waals surface area contributed by atoms with E-state index in [0.29, 0.717) is 16.9 Å². The fourth-order valence-electron chi connectivity index (χ4n) is 1.94. The van der Waals surface area contributed by atoms with Crippen LogP contribution in [-0.2, 0) is 4.87 Å². The van der Waals surface area contributed by atoms with Crippen molar-refractivity contribution in [2.24, 2.45) is 0 Å². The number of benzene rings is 2. The van der Waals surface area contributed by atoms with Crippen LogP contribution in [-0.4, -0.2) is 18.8 Å². The molecule has 0 heterocycles. The lowest BCUT2D eigenvalue weighted by molar-refractivity contribution is 0.0947. The van der Waals surface area contributed by atoms with Crippen molar-refractivity contribution in [1.29, 1.82) is 0 Å². The Morgan fingerprint density at radius 3 is 2.20 bits per heavy atom. The maximum Gasteiger partial charge on any atom is 0.189 e. The van der Waals surface area contributed by atoms with Gasteiger partial charge in [-0.15, -0.1) is 23.2 Å². The maximum absolute atomic E-state index is 12.6. The first-order valence-electron chi connectivity index (χ1n) is 6.11. The van der Waals surface area contributed by atoms with Crippen LogP contribution in [0, 0.1) is 0 Å². The summed E-state index contributed by atoms with van der Waals surface area (Å²) >= 11 is 12.5. The van der Waals surface area contributed by atoms with Gasteiger partial charge in [-0.2, -0.15) is 0 Å². The normalized spacial score (nSPS) is 13.6. The van der Waals surface area contributed by atoms with E-state index in [-0.39, 0.29) is 11.7 Å². The highest BCUT2D eigenvalue weighted by molar-refractivity contribution is 6.42. The monoisotopic (exact) mass is 308 g/mol. The summed E-state index contributed by atoms with van der Waals surface area (Å²) < 4.78 is 5.08. The Morgan fingerprint density at radius 1 is 1.10 bits per heavy atom. The molecule has 104 valence electrons. The molecule has 2 nitrogen and oxygen atoms in total. The fraction of sp³-hybridized carbons (Fsp3) is 0.188. The summed E-state index contributed by atoms with van der Waals surface area (Å²) in [6, 6.07) is 16.0. The Labute approximate surface area is 128 Å². The third-order valence-electron chi connectivity index (χ3n) is 3.13. The summed E-state index contributed by atoms with van der Waals surface area (Å²) in [6.07, 6.45) is 0. The van der Waals surface area contributed by atoms with Gasteiger partial charge < -0.3 is 4.74 Å². The van der Waals surface area contributed by atoms with Gasteiger partial charge in [-0.25, -0.2) is 0 Å². The highest BCUT2D eigenvalue weighted by Gasteiger charge is 2.37. The first-order chi connectivity index (χ1) is 9.61. The number of hydrogen-bond acceptors (Lipinski definition) is 2. The predicted molar refractivity (Wildman–Crippen MR) is 82.0 cm³/mol. The molecule has 0 aromatic heterocycles. The third-order valence-corrected chi connectivity index (χ3v) is 4.19. The van der Waals surface area contributed by atoms with E-state index >= 15 is 0 Å². The first-order valence-corrected chi connectivity index (χ1v) is 7.02. The van der Waals surface area contributed by atoms with E-state index in [9.17, 15) is 4.79 Å². The van der Waals surface area contributed by atoms with Crippen LogP contribution in [0.25, 0.3) is 0 Å². The van der Waals surface area contributed by atoms with Crippen molar-refractivity contribution in [2.75, 3.05) is 13.0 Å².